The number of nitrogens with two attached hydrogens (primary N) is 1. The van der Waals surface area contributed by atoms with Crippen molar-refractivity contribution in [1.29, 1.82) is 0 Å². The number of nitrogens with one attached hydrogen (secondary N) is 1. The number of benzene rings is 1. The average Bonchev–Trinajstić information content (AvgIpc) is 2.69. The van der Waals surface area contributed by atoms with Crippen LogP contribution in [0.4, 0.5) is 0 Å². The van der Waals surface area contributed by atoms with Crippen LogP contribution in [0.5, 0.6) is 0 Å². The highest BCUT2D eigenvalue weighted by Crippen LogP contribution is 2.23. The van der Waals surface area contributed by atoms with Gasteiger partial charge in [0.15, 0.2) is 0 Å². The maximum atomic E-state index is 5.82. The van der Waals surface area contributed by atoms with Gasteiger partial charge in [0.05, 0.1) is 5.69 Å². The molecule has 84 valence electrons. The van der Waals surface area contributed by atoms with Gasteiger partial charge in [0.25, 0.3) is 0 Å². The molecule has 0 fully saturated rings. The van der Waals surface area contributed by atoms with Crippen LogP contribution < -0.4 is 5.73 Å². The third kappa shape index (κ3) is 2.33. The molecule has 0 radical (unpaired) electrons. The summed E-state index contributed by atoms with van der Waals surface area (Å²) < 4.78 is 1.07. The van der Waals surface area contributed by atoms with Crippen LogP contribution in [0, 0.1) is 6.92 Å². The van der Waals surface area contributed by atoms with Crippen LogP contribution in [-0.2, 0) is 0 Å². The van der Waals surface area contributed by atoms with E-state index in [1.54, 1.807) is 0 Å². The zero-order valence-corrected chi connectivity index (χ0v) is 10.7. The minimum atomic E-state index is 0.165. The molecule has 0 aliphatic rings. The Labute approximate surface area is 103 Å². The van der Waals surface area contributed by atoms with E-state index < -0.39 is 0 Å². The van der Waals surface area contributed by atoms with Crippen molar-refractivity contribution in [2.24, 2.45) is 5.73 Å². The number of aromatic nitrogens is 2. The number of H-pyrrole nitrogens is 1. The second kappa shape index (κ2) is 4.80. The van der Waals surface area contributed by atoms with E-state index in [0.717, 1.165) is 15.9 Å². The van der Waals surface area contributed by atoms with Gasteiger partial charge in [0.1, 0.15) is 0 Å². The third-order valence-corrected chi connectivity index (χ3v) is 3.12. The van der Waals surface area contributed by atoms with Crippen molar-refractivity contribution in [2.75, 3.05) is 6.54 Å². The molecular formula is C12H14BrN3. The zero-order valence-electron chi connectivity index (χ0n) is 9.07. The number of rotatable bonds is 3. The molecular weight excluding hydrogens is 266 g/mol. The van der Waals surface area contributed by atoms with E-state index in [-0.39, 0.29) is 5.92 Å². The van der Waals surface area contributed by atoms with E-state index in [1.807, 2.05) is 25.1 Å². The lowest BCUT2D eigenvalue weighted by molar-refractivity contribution is 0.778. The Morgan fingerprint density at radius 3 is 2.56 bits per heavy atom. The summed E-state index contributed by atoms with van der Waals surface area (Å²) >= 11 is 3.42. The fraction of sp³-hybridized carbons (Fsp3) is 0.250. The van der Waals surface area contributed by atoms with Gasteiger partial charge >= 0.3 is 0 Å². The van der Waals surface area contributed by atoms with Crippen molar-refractivity contribution >= 4 is 15.9 Å². The maximum absolute atomic E-state index is 5.82. The highest BCUT2D eigenvalue weighted by atomic mass is 79.9. The van der Waals surface area contributed by atoms with Gasteiger partial charge in [-0.05, 0) is 30.7 Å². The van der Waals surface area contributed by atoms with Gasteiger partial charge < -0.3 is 5.73 Å². The quantitative estimate of drug-likeness (QED) is 0.907. The van der Waals surface area contributed by atoms with Gasteiger partial charge in [-0.3, -0.25) is 5.10 Å². The molecule has 0 aliphatic heterocycles. The molecule has 2 rings (SSSR count). The molecule has 0 amide bonds. The van der Waals surface area contributed by atoms with E-state index in [2.05, 4.69) is 38.3 Å². The highest BCUT2D eigenvalue weighted by molar-refractivity contribution is 9.10. The fourth-order valence-corrected chi connectivity index (χ4v) is 2.00. The first-order valence-corrected chi connectivity index (χ1v) is 5.97. The van der Waals surface area contributed by atoms with E-state index >= 15 is 0 Å². The fourth-order valence-electron chi connectivity index (χ4n) is 1.74. The smallest absolute Gasteiger partial charge is 0.0712 e. The predicted octanol–water partition coefficient (Wildman–Crippen LogP) is 2.57. The predicted molar refractivity (Wildman–Crippen MR) is 68.4 cm³/mol. The Morgan fingerprint density at radius 2 is 2.06 bits per heavy atom. The summed E-state index contributed by atoms with van der Waals surface area (Å²) in [5, 5.41) is 7.22. The SMILES string of the molecule is Cc1cc(C(CN)c2ccc(Br)cc2)n[nH]1. The summed E-state index contributed by atoms with van der Waals surface area (Å²) in [7, 11) is 0. The molecule has 2 aromatic rings. The van der Waals surface area contributed by atoms with Crippen molar-refractivity contribution < 1.29 is 0 Å². The largest absolute Gasteiger partial charge is 0.329 e. The molecule has 0 bridgehead atoms. The number of aromatic amines is 1. The number of halogens is 1. The van der Waals surface area contributed by atoms with Crippen molar-refractivity contribution in [3.05, 3.63) is 51.8 Å². The Hall–Kier alpha value is -1.13. The average molecular weight is 280 g/mol. The molecule has 3 N–H and O–H groups in total. The molecule has 0 saturated heterocycles. The number of hydrogen-bond donors (Lipinski definition) is 2. The van der Waals surface area contributed by atoms with E-state index in [1.165, 1.54) is 5.56 Å². The zero-order chi connectivity index (χ0) is 11.5. The summed E-state index contributed by atoms with van der Waals surface area (Å²) in [6.07, 6.45) is 0. The minimum Gasteiger partial charge on any atom is -0.329 e. The Kier molecular flexibility index (Phi) is 3.41. The van der Waals surface area contributed by atoms with Crippen molar-refractivity contribution in [3.63, 3.8) is 0 Å². The summed E-state index contributed by atoms with van der Waals surface area (Å²) in [5.41, 5.74) is 9.07. The standard InChI is InChI=1S/C12H14BrN3/c1-8-6-12(16-15-8)11(7-14)9-2-4-10(13)5-3-9/h2-6,11H,7,14H2,1H3,(H,15,16). The van der Waals surface area contributed by atoms with E-state index in [4.69, 9.17) is 5.73 Å². The molecule has 1 atom stereocenters. The second-order valence-corrected chi connectivity index (χ2v) is 4.73. The van der Waals surface area contributed by atoms with Crippen LogP contribution >= 0.6 is 15.9 Å². The van der Waals surface area contributed by atoms with E-state index in [0.29, 0.717) is 6.54 Å². The molecule has 0 spiro atoms. The lowest BCUT2D eigenvalue weighted by Gasteiger charge is -2.12. The van der Waals surface area contributed by atoms with Gasteiger partial charge in [-0.1, -0.05) is 28.1 Å². The van der Waals surface area contributed by atoms with Gasteiger partial charge in [0.2, 0.25) is 0 Å². The van der Waals surface area contributed by atoms with E-state index in [9.17, 15) is 0 Å². The molecule has 0 saturated carbocycles. The number of aryl methyl sites for hydroxylation is 1. The lowest BCUT2D eigenvalue weighted by atomic mass is 9.96. The summed E-state index contributed by atoms with van der Waals surface area (Å²) in [6.45, 7) is 2.55. The molecule has 0 aliphatic carbocycles. The van der Waals surface area contributed by atoms with Crippen LogP contribution in [0.2, 0.25) is 0 Å². The number of hydrogen-bond acceptors (Lipinski definition) is 2. The molecule has 4 heteroatoms. The van der Waals surface area contributed by atoms with Gasteiger partial charge in [0, 0.05) is 22.6 Å². The minimum absolute atomic E-state index is 0.165. The molecule has 1 unspecified atom stereocenters. The van der Waals surface area contributed by atoms with Crippen LogP contribution in [0.1, 0.15) is 22.9 Å². The van der Waals surface area contributed by atoms with Crippen molar-refractivity contribution in [2.45, 2.75) is 12.8 Å². The summed E-state index contributed by atoms with van der Waals surface area (Å²) in [5.74, 6) is 0.165. The highest BCUT2D eigenvalue weighted by Gasteiger charge is 2.14. The number of nitrogens with zero attached hydrogens (tertiary/aromatic N) is 1. The molecule has 3 nitrogen and oxygen atoms in total. The molecule has 1 aromatic carbocycles. The van der Waals surface area contributed by atoms with Gasteiger partial charge in [-0.25, -0.2) is 0 Å². The van der Waals surface area contributed by atoms with Crippen LogP contribution in [0.25, 0.3) is 0 Å². The summed E-state index contributed by atoms with van der Waals surface area (Å²) in [4.78, 5) is 0. The maximum Gasteiger partial charge on any atom is 0.0712 e. The van der Waals surface area contributed by atoms with Crippen LogP contribution in [0.15, 0.2) is 34.8 Å². The van der Waals surface area contributed by atoms with Crippen LogP contribution in [0.3, 0.4) is 0 Å². The first-order valence-electron chi connectivity index (χ1n) is 5.18. The van der Waals surface area contributed by atoms with Gasteiger partial charge in [-0.2, -0.15) is 5.10 Å². The normalized spacial score (nSPS) is 12.7. The Balaban J connectivity index is 2.32. The Morgan fingerprint density at radius 1 is 1.38 bits per heavy atom. The Bertz CT molecular complexity index is 461. The first-order chi connectivity index (χ1) is 7.70. The van der Waals surface area contributed by atoms with Crippen molar-refractivity contribution in [3.8, 4) is 0 Å². The molecule has 1 aromatic heterocycles. The second-order valence-electron chi connectivity index (χ2n) is 3.82. The third-order valence-electron chi connectivity index (χ3n) is 2.59. The molecule has 16 heavy (non-hydrogen) atoms. The first kappa shape index (κ1) is 11.4. The monoisotopic (exact) mass is 279 g/mol. The summed E-state index contributed by atoms with van der Waals surface area (Å²) in [6, 6.07) is 10.2. The topological polar surface area (TPSA) is 54.7 Å². The van der Waals surface area contributed by atoms with Crippen LogP contribution in [-0.4, -0.2) is 16.7 Å². The van der Waals surface area contributed by atoms with Gasteiger partial charge in [-0.15, -0.1) is 0 Å². The molecule has 1 heterocycles. The lowest BCUT2D eigenvalue weighted by Crippen LogP contribution is -2.14. The van der Waals surface area contributed by atoms with Crippen molar-refractivity contribution in [1.82, 2.24) is 10.2 Å².